The number of nitrogens with zero attached hydrogens (tertiary/aromatic N) is 4. The first-order valence-corrected chi connectivity index (χ1v) is 25.1. The third-order valence-corrected chi connectivity index (χ3v) is 14.5. The SMILES string of the molecule is CN(Cc1ccc(OCc2ccc(NC(=N)N)cc2)cc1)S(=O)(=O)N(CCOCCOCCN([C@@H](CC(=O)O)C(=O)O)S(=O)(=O)N(C)Cc1ccc(OC(=O)c2ccc(NC(=N)N)cc2)cc1)[C@@H](CC(=O)O)C(=O)O. The number of esters is 1. The van der Waals surface area contributed by atoms with Crippen molar-refractivity contribution in [1.82, 2.24) is 17.2 Å². The summed E-state index contributed by atoms with van der Waals surface area (Å²) >= 11 is 0. The molecule has 4 rings (SSSR count). The van der Waals surface area contributed by atoms with E-state index in [1.807, 2.05) is 0 Å². The van der Waals surface area contributed by atoms with E-state index >= 15 is 0 Å². The average Bonchev–Trinajstić information content (AvgIpc) is 3.33. The van der Waals surface area contributed by atoms with E-state index in [4.69, 9.17) is 41.2 Å². The second-order valence-corrected chi connectivity index (χ2v) is 20.2. The first kappa shape index (κ1) is 59.8. The van der Waals surface area contributed by atoms with Crippen LogP contribution in [0.2, 0.25) is 0 Å². The van der Waals surface area contributed by atoms with E-state index in [1.54, 1.807) is 48.5 Å². The van der Waals surface area contributed by atoms with Gasteiger partial charge in [-0.15, -0.1) is 0 Å². The fraction of sp³-hybridized carbons (Fsp3) is 0.326. The van der Waals surface area contributed by atoms with Crippen LogP contribution in [0.5, 0.6) is 11.5 Å². The van der Waals surface area contributed by atoms with Crippen molar-refractivity contribution in [2.24, 2.45) is 11.5 Å². The number of carboxylic acids is 4. The molecule has 0 bridgehead atoms. The van der Waals surface area contributed by atoms with Crippen LogP contribution < -0.4 is 31.6 Å². The van der Waals surface area contributed by atoms with Gasteiger partial charge < -0.3 is 61.5 Å². The minimum absolute atomic E-state index is 0.108. The lowest BCUT2D eigenvalue weighted by atomic mass is 10.2. The summed E-state index contributed by atoms with van der Waals surface area (Å²) in [5.74, 6) is -7.35. The Morgan fingerprint density at radius 2 is 0.933 bits per heavy atom. The monoisotopic (exact) mass is 1090 g/mol. The normalized spacial score (nSPS) is 12.5. The minimum atomic E-state index is -4.73. The molecule has 0 amide bonds. The third-order valence-electron chi connectivity index (χ3n) is 10.6. The summed E-state index contributed by atoms with van der Waals surface area (Å²) in [5.41, 5.74) is 13.6. The summed E-state index contributed by atoms with van der Waals surface area (Å²) in [6.45, 7) is -3.24. The van der Waals surface area contributed by atoms with Crippen LogP contribution in [0.1, 0.15) is 39.9 Å². The van der Waals surface area contributed by atoms with Crippen LogP contribution in [-0.4, -0.2) is 162 Å². The average molecular weight is 1090 g/mol. The highest BCUT2D eigenvalue weighted by Crippen LogP contribution is 2.23. The molecule has 0 radical (unpaired) electrons. The Hall–Kier alpha value is -7.77. The van der Waals surface area contributed by atoms with Crippen LogP contribution >= 0.6 is 0 Å². The number of rotatable bonds is 32. The van der Waals surface area contributed by atoms with Gasteiger partial charge in [-0.25, -0.2) is 4.79 Å². The highest BCUT2D eigenvalue weighted by Gasteiger charge is 2.40. The van der Waals surface area contributed by atoms with Crippen molar-refractivity contribution < 1.29 is 80.2 Å². The molecule has 0 unspecified atom stereocenters. The molecule has 0 aliphatic heterocycles. The maximum absolute atomic E-state index is 13.9. The highest BCUT2D eigenvalue weighted by atomic mass is 32.2. The number of nitrogens with one attached hydrogen (secondary N) is 4. The van der Waals surface area contributed by atoms with Gasteiger partial charge in [-0.1, -0.05) is 36.4 Å². The number of carboxylic acid groups (broad SMARTS) is 4. The third kappa shape index (κ3) is 18.9. The molecule has 4 aromatic rings. The Morgan fingerprint density at radius 3 is 1.31 bits per heavy atom. The number of carbonyl (C=O) groups excluding carboxylic acids is 1. The Bertz CT molecular complexity index is 2840. The lowest BCUT2D eigenvalue weighted by Gasteiger charge is -2.31. The number of anilines is 2. The number of ether oxygens (including phenoxy) is 4. The van der Waals surface area contributed by atoms with Crippen LogP contribution in [0.4, 0.5) is 11.4 Å². The number of nitrogens with two attached hydrogens (primary N) is 2. The molecule has 0 aromatic heterocycles. The fourth-order valence-corrected chi connectivity index (χ4v) is 9.78. The predicted octanol–water partition coefficient (Wildman–Crippen LogP) is 1.64. The lowest BCUT2D eigenvalue weighted by Crippen LogP contribution is -2.52. The Balaban J connectivity index is 1.33. The summed E-state index contributed by atoms with van der Waals surface area (Å²) in [6, 6.07) is 20.9. The number of aliphatic carboxylic acids is 4. The Morgan fingerprint density at radius 1 is 0.560 bits per heavy atom. The standard InChI is InChI=1S/C46H58N10O17S2/c1-53(27-30-5-15-36(16-6-30)72-29-32-3-11-34(12-4-32)51-45(47)48)74(66,67)55(38(42(61)62)25-40(57)58)19-21-70-23-24-71-22-20-56(39(43(63)64)26-41(59)60)75(68,69)54(2)28-31-7-17-37(18-8-31)73-44(65)33-9-13-35(14-10-33)52-46(49)50/h3-18,38-39H,19-29H2,1-2H3,(H,57,58)(H,59,60)(H,61,62)(H,63,64)(H4,47,48,51)(H4,49,50,52)/t38-,39-/m0/s1. The fourth-order valence-electron chi connectivity index (χ4n) is 6.86. The van der Waals surface area contributed by atoms with Gasteiger partial charge in [0.15, 0.2) is 11.9 Å². The Kier molecular flexibility index (Phi) is 22.4. The van der Waals surface area contributed by atoms with Crippen molar-refractivity contribution in [3.8, 4) is 11.5 Å². The quantitative estimate of drug-likeness (QED) is 0.0109. The summed E-state index contributed by atoms with van der Waals surface area (Å²) in [5, 5.41) is 58.7. The molecule has 0 saturated carbocycles. The van der Waals surface area contributed by atoms with Crippen molar-refractivity contribution >= 4 is 73.6 Å². The van der Waals surface area contributed by atoms with Gasteiger partial charge in [0.1, 0.15) is 30.2 Å². The van der Waals surface area contributed by atoms with Crippen LogP contribution in [-0.2, 0) is 68.8 Å². The van der Waals surface area contributed by atoms with Crippen molar-refractivity contribution in [3.05, 3.63) is 119 Å². The molecular weight excluding hydrogens is 1030 g/mol. The molecule has 29 heteroatoms. The van der Waals surface area contributed by atoms with E-state index in [-0.39, 0.29) is 56.1 Å². The molecule has 0 heterocycles. The van der Waals surface area contributed by atoms with Crippen molar-refractivity contribution in [3.63, 3.8) is 0 Å². The molecule has 2 atom stereocenters. The number of hydrogen-bond acceptors (Lipinski definition) is 15. The van der Waals surface area contributed by atoms with Crippen LogP contribution in [0, 0.1) is 10.8 Å². The zero-order valence-corrected chi connectivity index (χ0v) is 42.2. The zero-order chi connectivity index (χ0) is 55.5. The molecular formula is C46H58N10O17S2. The van der Waals surface area contributed by atoms with Gasteiger partial charge in [-0.05, 0) is 77.4 Å². The predicted molar refractivity (Wildman–Crippen MR) is 269 cm³/mol. The van der Waals surface area contributed by atoms with Gasteiger partial charge in [-0.3, -0.25) is 30.0 Å². The van der Waals surface area contributed by atoms with Gasteiger partial charge >= 0.3 is 29.8 Å². The molecule has 406 valence electrons. The van der Waals surface area contributed by atoms with E-state index in [1.165, 1.54) is 55.6 Å². The molecule has 75 heavy (non-hydrogen) atoms. The summed E-state index contributed by atoms with van der Waals surface area (Å²) in [4.78, 5) is 60.6. The second-order valence-electron chi connectivity index (χ2n) is 16.2. The second kappa shape index (κ2) is 28.1. The minimum Gasteiger partial charge on any atom is -0.489 e. The molecule has 12 N–H and O–H groups in total. The molecule has 0 spiro atoms. The van der Waals surface area contributed by atoms with Gasteiger partial charge in [0, 0.05) is 51.6 Å². The molecule has 0 saturated heterocycles. The van der Waals surface area contributed by atoms with Crippen LogP contribution in [0.25, 0.3) is 0 Å². The first-order valence-electron chi connectivity index (χ1n) is 22.3. The summed E-state index contributed by atoms with van der Waals surface area (Å²) < 4.78 is 80.2. The lowest BCUT2D eigenvalue weighted by molar-refractivity contribution is -0.148. The van der Waals surface area contributed by atoms with Crippen LogP contribution in [0.3, 0.4) is 0 Å². The largest absolute Gasteiger partial charge is 0.489 e. The molecule has 27 nitrogen and oxygen atoms in total. The summed E-state index contributed by atoms with van der Waals surface area (Å²) in [7, 11) is -7.10. The maximum atomic E-state index is 13.9. The first-order chi connectivity index (χ1) is 35.4. The highest BCUT2D eigenvalue weighted by molar-refractivity contribution is 7.87. The van der Waals surface area contributed by atoms with Gasteiger partial charge in [-0.2, -0.15) is 34.1 Å². The van der Waals surface area contributed by atoms with Crippen LogP contribution in [0.15, 0.2) is 97.1 Å². The summed E-state index contributed by atoms with van der Waals surface area (Å²) in [6.07, 6.45) is -2.21. The van der Waals surface area contributed by atoms with Crippen molar-refractivity contribution in [1.29, 1.82) is 10.8 Å². The number of benzene rings is 4. The van der Waals surface area contributed by atoms with E-state index in [2.05, 4.69) is 10.6 Å². The molecule has 0 aliphatic rings. The smallest absolute Gasteiger partial charge is 0.343 e. The maximum Gasteiger partial charge on any atom is 0.343 e. The number of guanidine groups is 2. The van der Waals surface area contributed by atoms with Crippen molar-refractivity contribution in [2.75, 3.05) is 64.2 Å². The molecule has 4 aromatic carbocycles. The van der Waals surface area contributed by atoms with E-state index in [9.17, 15) is 61.2 Å². The Labute approximate surface area is 431 Å². The zero-order valence-electron chi connectivity index (χ0n) is 40.5. The number of carbonyl (C=O) groups is 5. The van der Waals surface area contributed by atoms with E-state index in [0.29, 0.717) is 36.9 Å². The van der Waals surface area contributed by atoms with Gasteiger partial charge in [0.05, 0.1) is 44.8 Å². The van der Waals surface area contributed by atoms with E-state index < -0.39 is 101 Å². The number of hydrogen-bond donors (Lipinski definition) is 10. The van der Waals surface area contributed by atoms with E-state index in [0.717, 1.165) is 21.2 Å². The van der Waals surface area contributed by atoms with Crippen molar-refractivity contribution in [2.45, 2.75) is 44.6 Å². The van der Waals surface area contributed by atoms with Gasteiger partial charge in [0.25, 0.3) is 20.4 Å². The van der Waals surface area contributed by atoms with Gasteiger partial charge in [0.2, 0.25) is 0 Å². The molecule has 0 fully saturated rings. The molecule has 0 aliphatic carbocycles. The topological polar surface area (TPSA) is 408 Å².